The molecule has 2 saturated heterocycles. The van der Waals surface area contributed by atoms with Gasteiger partial charge in [0.25, 0.3) is 0 Å². The second-order valence-corrected chi connectivity index (χ2v) is 4.61. The number of rotatable bonds is 5. The van der Waals surface area contributed by atoms with Crippen molar-refractivity contribution in [3.63, 3.8) is 0 Å². The second kappa shape index (κ2) is 4.60. The first-order valence-corrected chi connectivity index (χ1v) is 5.73. The molecule has 0 aliphatic carbocycles. The molecular weight excluding hydrogens is 178 g/mol. The lowest BCUT2D eigenvalue weighted by molar-refractivity contribution is 0.0215. The number of hydrogen-bond acceptors (Lipinski definition) is 3. The first kappa shape index (κ1) is 10.4. The molecule has 0 saturated carbocycles. The summed E-state index contributed by atoms with van der Waals surface area (Å²) >= 11 is 0. The third kappa shape index (κ3) is 2.47. The summed E-state index contributed by atoms with van der Waals surface area (Å²) in [5, 5.41) is 0. The minimum absolute atomic E-state index is 0.369. The molecule has 82 valence electrons. The zero-order valence-corrected chi connectivity index (χ0v) is 9.24. The van der Waals surface area contributed by atoms with Gasteiger partial charge in [0.1, 0.15) is 0 Å². The molecule has 0 amide bonds. The van der Waals surface area contributed by atoms with E-state index >= 15 is 0 Å². The van der Waals surface area contributed by atoms with Crippen molar-refractivity contribution in [3.05, 3.63) is 0 Å². The highest BCUT2D eigenvalue weighted by molar-refractivity contribution is 4.91. The van der Waals surface area contributed by atoms with Gasteiger partial charge in [0.15, 0.2) is 0 Å². The number of likely N-dealkylation sites (tertiary alicyclic amines) is 1. The van der Waals surface area contributed by atoms with E-state index in [1.807, 2.05) is 0 Å². The molecule has 2 unspecified atom stereocenters. The molecular formula is C11H21NO2. The Labute approximate surface area is 86.4 Å². The Bertz CT molecular complexity index is 184. The molecule has 2 aliphatic rings. The lowest BCUT2D eigenvalue weighted by Gasteiger charge is -2.26. The zero-order valence-electron chi connectivity index (χ0n) is 9.24. The molecule has 3 heteroatoms. The Kier molecular flexibility index (Phi) is 3.42. The molecule has 0 aromatic heterocycles. The fourth-order valence-corrected chi connectivity index (χ4v) is 2.34. The normalized spacial score (nSPS) is 31.9. The van der Waals surface area contributed by atoms with Gasteiger partial charge >= 0.3 is 0 Å². The van der Waals surface area contributed by atoms with Crippen molar-refractivity contribution in [3.8, 4) is 0 Å². The highest BCUT2D eigenvalue weighted by Gasteiger charge is 2.38. The molecule has 14 heavy (non-hydrogen) atoms. The van der Waals surface area contributed by atoms with Crippen LogP contribution in [0.15, 0.2) is 0 Å². The van der Waals surface area contributed by atoms with E-state index in [0.29, 0.717) is 18.2 Å². The van der Waals surface area contributed by atoms with Crippen LogP contribution in [0.3, 0.4) is 0 Å². The third-order valence-corrected chi connectivity index (χ3v) is 3.05. The molecule has 0 aromatic carbocycles. The number of nitrogens with zero attached hydrogens (tertiary/aromatic N) is 1. The summed E-state index contributed by atoms with van der Waals surface area (Å²) in [6.45, 7) is 8.35. The van der Waals surface area contributed by atoms with Crippen LogP contribution in [0.2, 0.25) is 0 Å². The van der Waals surface area contributed by atoms with Crippen molar-refractivity contribution in [2.75, 3.05) is 26.3 Å². The molecule has 2 rings (SSSR count). The van der Waals surface area contributed by atoms with Gasteiger partial charge in [-0.2, -0.15) is 0 Å². The van der Waals surface area contributed by atoms with Crippen molar-refractivity contribution >= 4 is 0 Å². The van der Waals surface area contributed by atoms with E-state index in [9.17, 15) is 0 Å². The highest BCUT2D eigenvalue weighted by atomic mass is 16.5. The van der Waals surface area contributed by atoms with E-state index < -0.39 is 0 Å². The van der Waals surface area contributed by atoms with E-state index in [4.69, 9.17) is 9.47 Å². The van der Waals surface area contributed by atoms with Crippen LogP contribution in [0.1, 0.15) is 26.7 Å². The summed E-state index contributed by atoms with van der Waals surface area (Å²) in [6, 6.07) is 0.707. The maximum atomic E-state index is 5.55. The lowest BCUT2D eigenvalue weighted by Crippen LogP contribution is -2.37. The summed E-state index contributed by atoms with van der Waals surface area (Å²) < 4.78 is 11.1. The van der Waals surface area contributed by atoms with Crippen molar-refractivity contribution in [1.29, 1.82) is 0 Å². The zero-order chi connectivity index (χ0) is 9.97. The SMILES string of the molecule is CC(C)OCCCN1CC2CC1CO2. The van der Waals surface area contributed by atoms with Gasteiger partial charge in [-0.1, -0.05) is 0 Å². The summed E-state index contributed by atoms with van der Waals surface area (Å²) in [5.41, 5.74) is 0. The first-order valence-electron chi connectivity index (χ1n) is 5.73. The molecule has 2 fully saturated rings. The molecule has 0 aromatic rings. The van der Waals surface area contributed by atoms with Gasteiger partial charge in [0.05, 0.1) is 18.8 Å². The average Bonchev–Trinajstić information content (AvgIpc) is 2.73. The van der Waals surface area contributed by atoms with E-state index in [-0.39, 0.29) is 0 Å². The summed E-state index contributed by atoms with van der Waals surface area (Å²) in [6.07, 6.45) is 3.31. The fourth-order valence-electron chi connectivity index (χ4n) is 2.34. The predicted molar refractivity (Wildman–Crippen MR) is 55.4 cm³/mol. The number of fused-ring (bicyclic) bond motifs is 2. The molecule has 2 bridgehead atoms. The Morgan fingerprint density at radius 1 is 1.50 bits per heavy atom. The van der Waals surface area contributed by atoms with Gasteiger partial charge in [-0.25, -0.2) is 0 Å². The summed E-state index contributed by atoms with van der Waals surface area (Å²) in [5.74, 6) is 0. The second-order valence-electron chi connectivity index (χ2n) is 4.61. The largest absolute Gasteiger partial charge is 0.379 e. The average molecular weight is 199 g/mol. The topological polar surface area (TPSA) is 21.7 Å². The maximum absolute atomic E-state index is 5.55. The lowest BCUT2D eigenvalue weighted by atomic mass is 10.2. The van der Waals surface area contributed by atoms with Crippen LogP contribution < -0.4 is 0 Å². The van der Waals surface area contributed by atoms with Gasteiger partial charge in [0.2, 0.25) is 0 Å². The van der Waals surface area contributed by atoms with Crippen LogP contribution >= 0.6 is 0 Å². The number of hydrogen-bond donors (Lipinski definition) is 0. The van der Waals surface area contributed by atoms with Crippen molar-refractivity contribution < 1.29 is 9.47 Å². The smallest absolute Gasteiger partial charge is 0.0718 e. The monoisotopic (exact) mass is 199 g/mol. The Balaban J connectivity index is 1.58. The minimum Gasteiger partial charge on any atom is -0.379 e. The van der Waals surface area contributed by atoms with Crippen LogP contribution in [0.25, 0.3) is 0 Å². The van der Waals surface area contributed by atoms with E-state index in [2.05, 4.69) is 18.7 Å². The van der Waals surface area contributed by atoms with Crippen molar-refractivity contribution in [1.82, 2.24) is 4.90 Å². The van der Waals surface area contributed by atoms with Gasteiger partial charge < -0.3 is 9.47 Å². The fraction of sp³-hybridized carbons (Fsp3) is 1.00. The molecule has 0 spiro atoms. The Hall–Kier alpha value is -0.120. The van der Waals surface area contributed by atoms with E-state index in [1.165, 1.54) is 13.0 Å². The van der Waals surface area contributed by atoms with Crippen LogP contribution in [-0.4, -0.2) is 49.5 Å². The Morgan fingerprint density at radius 2 is 2.36 bits per heavy atom. The summed E-state index contributed by atoms with van der Waals surface area (Å²) in [4.78, 5) is 2.55. The van der Waals surface area contributed by atoms with Gasteiger partial charge in [-0.05, 0) is 26.7 Å². The molecule has 0 radical (unpaired) electrons. The predicted octanol–water partition coefficient (Wildman–Crippen LogP) is 1.27. The highest BCUT2D eigenvalue weighted by Crippen LogP contribution is 2.27. The molecule has 3 nitrogen and oxygen atoms in total. The third-order valence-electron chi connectivity index (χ3n) is 3.05. The molecule has 2 atom stereocenters. The Morgan fingerprint density at radius 3 is 2.93 bits per heavy atom. The quantitative estimate of drug-likeness (QED) is 0.622. The van der Waals surface area contributed by atoms with Crippen LogP contribution in [0, 0.1) is 0 Å². The first-order chi connectivity index (χ1) is 6.75. The molecule has 0 N–H and O–H groups in total. The van der Waals surface area contributed by atoms with E-state index in [1.54, 1.807) is 0 Å². The van der Waals surface area contributed by atoms with Crippen LogP contribution in [-0.2, 0) is 9.47 Å². The summed E-state index contributed by atoms with van der Waals surface area (Å²) in [7, 11) is 0. The van der Waals surface area contributed by atoms with E-state index in [0.717, 1.165) is 26.2 Å². The standard InChI is InChI=1S/C11H21NO2/c1-9(2)13-5-3-4-12-7-11-6-10(12)8-14-11/h9-11H,3-8H2,1-2H3. The van der Waals surface area contributed by atoms with Crippen LogP contribution in [0.5, 0.6) is 0 Å². The number of morpholine rings is 1. The maximum Gasteiger partial charge on any atom is 0.0718 e. The van der Waals surface area contributed by atoms with Crippen molar-refractivity contribution in [2.45, 2.75) is 44.9 Å². The molecule has 2 heterocycles. The van der Waals surface area contributed by atoms with Gasteiger partial charge in [-0.15, -0.1) is 0 Å². The van der Waals surface area contributed by atoms with Crippen molar-refractivity contribution in [2.24, 2.45) is 0 Å². The minimum atomic E-state index is 0.369. The van der Waals surface area contributed by atoms with Crippen LogP contribution in [0.4, 0.5) is 0 Å². The van der Waals surface area contributed by atoms with Gasteiger partial charge in [-0.3, -0.25) is 4.90 Å². The molecule has 2 aliphatic heterocycles. The van der Waals surface area contributed by atoms with Gasteiger partial charge in [0, 0.05) is 25.7 Å². The number of ether oxygens (including phenoxy) is 2.